The zero-order chi connectivity index (χ0) is 27.3. The van der Waals surface area contributed by atoms with Crippen LogP contribution in [0.5, 0.6) is 0 Å². The number of benzene rings is 2. The third kappa shape index (κ3) is 5.76. The Balaban J connectivity index is 1.55. The number of nitrogens with zero attached hydrogens (tertiary/aromatic N) is 2. The first kappa shape index (κ1) is 27.8. The zero-order valence-corrected chi connectivity index (χ0v) is 22.9. The fraction of sp³-hybridized carbons (Fsp3) is 0.500. The largest absolute Gasteiger partial charge is 0.374 e. The van der Waals surface area contributed by atoms with Crippen LogP contribution in [-0.2, 0) is 25.7 Å². The molecule has 3 amide bonds. The van der Waals surface area contributed by atoms with Crippen LogP contribution in [0.3, 0.4) is 0 Å². The second kappa shape index (κ2) is 11.7. The molecule has 2 heterocycles. The lowest BCUT2D eigenvalue weighted by Crippen LogP contribution is -2.60. The quantitative estimate of drug-likeness (QED) is 0.530. The van der Waals surface area contributed by atoms with E-state index in [-0.39, 0.29) is 30.2 Å². The number of ether oxygens (including phenoxy) is 1. The molecule has 0 saturated carbocycles. The minimum atomic E-state index is -0.863. The van der Waals surface area contributed by atoms with E-state index < -0.39 is 17.0 Å². The standard InChI is InChI=1S/C30H40N4O4/c1-29(2,31-3)27(36)32-25(20-38-19-22-12-7-5-8-13-22)26(35)34-17-11-16-30(21-34)24(18-33(4)28(30)37)23-14-9-6-10-15-23/h5-10,12-15,24-25,31H,11,16-21H2,1-4H3,(H,32,36). The summed E-state index contributed by atoms with van der Waals surface area (Å²) in [5.74, 6) is -0.415. The van der Waals surface area contributed by atoms with Gasteiger partial charge in [-0.15, -0.1) is 0 Å². The number of likely N-dealkylation sites (N-methyl/N-ethyl adjacent to an activating group) is 2. The van der Waals surface area contributed by atoms with Crippen LogP contribution >= 0.6 is 0 Å². The molecule has 3 atom stereocenters. The number of piperidine rings is 1. The second-order valence-electron chi connectivity index (χ2n) is 11.1. The van der Waals surface area contributed by atoms with Gasteiger partial charge in [0, 0.05) is 32.6 Å². The molecule has 0 bridgehead atoms. The summed E-state index contributed by atoms with van der Waals surface area (Å²) in [5, 5.41) is 5.91. The summed E-state index contributed by atoms with van der Waals surface area (Å²) in [6.45, 7) is 5.40. The molecule has 8 heteroatoms. The molecule has 204 valence electrons. The van der Waals surface area contributed by atoms with Crippen LogP contribution in [0.25, 0.3) is 0 Å². The zero-order valence-electron chi connectivity index (χ0n) is 22.9. The summed E-state index contributed by atoms with van der Waals surface area (Å²) in [4.78, 5) is 44.1. The number of carbonyl (C=O) groups is 3. The lowest BCUT2D eigenvalue weighted by atomic mass is 9.69. The predicted molar refractivity (Wildman–Crippen MR) is 146 cm³/mol. The number of hydrogen-bond donors (Lipinski definition) is 2. The van der Waals surface area contributed by atoms with Crippen LogP contribution < -0.4 is 10.6 Å². The van der Waals surface area contributed by atoms with Crippen LogP contribution in [0.15, 0.2) is 60.7 Å². The van der Waals surface area contributed by atoms with E-state index in [1.165, 1.54) is 0 Å². The van der Waals surface area contributed by atoms with Crippen molar-refractivity contribution in [3.05, 3.63) is 71.8 Å². The molecule has 3 unspecified atom stereocenters. The van der Waals surface area contributed by atoms with Gasteiger partial charge in [-0.2, -0.15) is 0 Å². The highest BCUT2D eigenvalue weighted by Gasteiger charge is 2.55. The lowest BCUT2D eigenvalue weighted by Gasteiger charge is -2.43. The van der Waals surface area contributed by atoms with Crippen molar-refractivity contribution in [1.82, 2.24) is 20.4 Å². The maximum atomic E-state index is 13.9. The van der Waals surface area contributed by atoms with Gasteiger partial charge in [-0.3, -0.25) is 14.4 Å². The number of amides is 3. The van der Waals surface area contributed by atoms with E-state index in [0.717, 1.165) is 24.0 Å². The second-order valence-corrected chi connectivity index (χ2v) is 11.1. The van der Waals surface area contributed by atoms with E-state index in [2.05, 4.69) is 22.8 Å². The third-order valence-corrected chi connectivity index (χ3v) is 8.13. The molecule has 38 heavy (non-hydrogen) atoms. The molecule has 0 radical (unpaired) electrons. The van der Waals surface area contributed by atoms with Gasteiger partial charge in [0.15, 0.2) is 0 Å². The van der Waals surface area contributed by atoms with E-state index in [0.29, 0.717) is 26.2 Å². The summed E-state index contributed by atoms with van der Waals surface area (Å²) >= 11 is 0. The maximum Gasteiger partial charge on any atom is 0.247 e. The molecular formula is C30H40N4O4. The minimum absolute atomic E-state index is 0.00222. The molecule has 1 spiro atoms. The van der Waals surface area contributed by atoms with Crippen LogP contribution in [0.1, 0.15) is 43.7 Å². The van der Waals surface area contributed by atoms with Gasteiger partial charge in [-0.05, 0) is 44.9 Å². The Morgan fingerprint density at radius 1 is 1.11 bits per heavy atom. The Kier molecular flexibility index (Phi) is 8.53. The Hall–Kier alpha value is -3.23. The summed E-state index contributed by atoms with van der Waals surface area (Å²) in [6.07, 6.45) is 1.45. The van der Waals surface area contributed by atoms with Crippen molar-refractivity contribution in [2.24, 2.45) is 5.41 Å². The Labute approximate surface area is 225 Å². The van der Waals surface area contributed by atoms with Crippen LogP contribution in [0.2, 0.25) is 0 Å². The van der Waals surface area contributed by atoms with Gasteiger partial charge in [0.2, 0.25) is 17.7 Å². The van der Waals surface area contributed by atoms with Crippen molar-refractivity contribution in [3.8, 4) is 0 Å². The van der Waals surface area contributed by atoms with Gasteiger partial charge in [0.25, 0.3) is 0 Å². The minimum Gasteiger partial charge on any atom is -0.374 e. The average molecular weight is 521 g/mol. The first-order valence-electron chi connectivity index (χ1n) is 13.4. The van der Waals surface area contributed by atoms with Gasteiger partial charge in [-0.25, -0.2) is 0 Å². The van der Waals surface area contributed by atoms with Gasteiger partial charge < -0.3 is 25.2 Å². The molecule has 4 rings (SSSR count). The highest BCUT2D eigenvalue weighted by molar-refractivity contribution is 5.93. The van der Waals surface area contributed by atoms with Crippen LogP contribution in [0, 0.1) is 5.41 Å². The number of nitrogens with one attached hydrogen (secondary N) is 2. The smallest absolute Gasteiger partial charge is 0.247 e. The van der Waals surface area contributed by atoms with Gasteiger partial charge >= 0.3 is 0 Å². The normalized spacial score (nSPS) is 22.5. The molecule has 2 saturated heterocycles. The molecule has 2 aliphatic rings. The summed E-state index contributed by atoms with van der Waals surface area (Å²) in [6, 6.07) is 19.0. The maximum absolute atomic E-state index is 13.9. The van der Waals surface area contributed by atoms with E-state index in [1.807, 2.05) is 55.6 Å². The van der Waals surface area contributed by atoms with E-state index in [1.54, 1.807) is 30.7 Å². The molecule has 0 aromatic heterocycles. The Morgan fingerprint density at radius 3 is 2.42 bits per heavy atom. The fourth-order valence-electron chi connectivity index (χ4n) is 5.62. The van der Waals surface area contributed by atoms with Gasteiger partial charge in [0.05, 0.1) is 24.2 Å². The van der Waals surface area contributed by atoms with E-state index in [4.69, 9.17) is 4.74 Å². The van der Waals surface area contributed by atoms with Gasteiger partial charge in [0.1, 0.15) is 6.04 Å². The summed E-state index contributed by atoms with van der Waals surface area (Å²) in [7, 11) is 3.55. The van der Waals surface area contributed by atoms with Crippen molar-refractivity contribution in [2.75, 3.05) is 40.3 Å². The molecule has 8 nitrogen and oxygen atoms in total. The van der Waals surface area contributed by atoms with E-state index >= 15 is 0 Å². The molecule has 2 aliphatic heterocycles. The van der Waals surface area contributed by atoms with Crippen LogP contribution in [-0.4, -0.2) is 79.4 Å². The number of hydrogen-bond acceptors (Lipinski definition) is 5. The summed E-state index contributed by atoms with van der Waals surface area (Å²) < 4.78 is 5.93. The SMILES string of the molecule is CNC(C)(C)C(=O)NC(COCc1ccccc1)C(=O)N1CCCC2(C1)C(=O)N(C)CC2c1ccccc1. The average Bonchev–Trinajstić information content (AvgIpc) is 3.17. The molecule has 2 aromatic carbocycles. The molecular weight excluding hydrogens is 480 g/mol. The molecule has 2 aromatic rings. The first-order valence-corrected chi connectivity index (χ1v) is 13.4. The predicted octanol–water partition coefficient (Wildman–Crippen LogP) is 2.55. The van der Waals surface area contributed by atoms with Crippen LogP contribution in [0.4, 0.5) is 0 Å². The van der Waals surface area contributed by atoms with E-state index in [9.17, 15) is 14.4 Å². The third-order valence-electron chi connectivity index (χ3n) is 8.13. The topological polar surface area (TPSA) is 91.0 Å². The number of rotatable bonds is 9. The van der Waals surface area contributed by atoms with Crippen molar-refractivity contribution in [3.63, 3.8) is 0 Å². The van der Waals surface area contributed by atoms with Crippen molar-refractivity contribution in [2.45, 2.75) is 50.8 Å². The van der Waals surface area contributed by atoms with Crippen molar-refractivity contribution in [1.29, 1.82) is 0 Å². The number of likely N-dealkylation sites (tertiary alicyclic amines) is 2. The first-order chi connectivity index (χ1) is 18.2. The highest BCUT2D eigenvalue weighted by Crippen LogP contribution is 2.49. The molecule has 2 fully saturated rings. The van der Waals surface area contributed by atoms with Crippen molar-refractivity contribution >= 4 is 17.7 Å². The van der Waals surface area contributed by atoms with Crippen molar-refractivity contribution < 1.29 is 19.1 Å². The fourth-order valence-corrected chi connectivity index (χ4v) is 5.62. The molecule has 2 N–H and O–H groups in total. The Morgan fingerprint density at radius 2 is 1.76 bits per heavy atom. The summed E-state index contributed by atoms with van der Waals surface area (Å²) in [5.41, 5.74) is 0.575. The molecule has 0 aliphatic carbocycles. The Bertz CT molecular complexity index is 1120. The highest BCUT2D eigenvalue weighted by atomic mass is 16.5. The number of carbonyl (C=O) groups excluding carboxylic acids is 3. The lowest BCUT2D eigenvalue weighted by molar-refractivity contribution is -0.147. The monoisotopic (exact) mass is 520 g/mol. The van der Waals surface area contributed by atoms with Gasteiger partial charge in [-0.1, -0.05) is 60.7 Å².